The van der Waals surface area contributed by atoms with E-state index in [0.717, 1.165) is 25.7 Å². The van der Waals surface area contributed by atoms with Crippen LogP contribution in [0.1, 0.15) is 59.5 Å². The predicted molar refractivity (Wildman–Crippen MR) is 96.6 cm³/mol. The van der Waals surface area contributed by atoms with Crippen LogP contribution in [-0.2, 0) is 4.74 Å². The topological polar surface area (TPSA) is 80.3 Å². The highest BCUT2D eigenvalue weighted by Gasteiger charge is 2.12. The van der Waals surface area contributed by atoms with Crippen LogP contribution in [-0.4, -0.2) is 43.6 Å². The number of amides is 2. The first-order valence-electron chi connectivity index (χ1n) is 8.91. The zero-order valence-corrected chi connectivity index (χ0v) is 14.8. The molecule has 2 N–H and O–H groups in total. The third-order valence-corrected chi connectivity index (χ3v) is 4.14. The number of carbonyl (C=O) groups is 2. The van der Waals surface area contributed by atoms with E-state index < -0.39 is 0 Å². The Kier molecular flexibility index (Phi) is 8.12. The second-order valence-corrected chi connectivity index (χ2v) is 6.12. The average molecular weight is 345 g/mol. The van der Waals surface area contributed by atoms with Gasteiger partial charge in [0.1, 0.15) is 11.4 Å². The van der Waals surface area contributed by atoms with Crippen LogP contribution in [0, 0.1) is 0 Å². The van der Waals surface area contributed by atoms with Crippen LogP contribution >= 0.6 is 0 Å². The maximum absolute atomic E-state index is 12.2. The maximum atomic E-state index is 12.2. The van der Waals surface area contributed by atoms with Crippen molar-refractivity contribution in [1.82, 2.24) is 15.6 Å². The minimum absolute atomic E-state index is 0.245. The molecule has 136 valence electrons. The van der Waals surface area contributed by atoms with Crippen molar-refractivity contribution in [2.75, 3.05) is 26.8 Å². The Morgan fingerprint density at radius 1 is 1.12 bits per heavy atom. The number of methoxy groups -OCH3 is 1. The SMILES string of the molecule is COCCCNC(=O)c1cccc(C(=O)NCCC2=CCCCC2)n1. The van der Waals surface area contributed by atoms with Gasteiger partial charge in [-0.15, -0.1) is 0 Å². The first kappa shape index (κ1) is 19.1. The van der Waals surface area contributed by atoms with Crippen molar-refractivity contribution < 1.29 is 14.3 Å². The van der Waals surface area contributed by atoms with Crippen molar-refractivity contribution in [1.29, 1.82) is 0 Å². The molecule has 2 rings (SSSR count). The van der Waals surface area contributed by atoms with Gasteiger partial charge in [0.15, 0.2) is 0 Å². The molecular formula is C19H27N3O3. The summed E-state index contributed by atoms with van der Waals surface area (Å²) in [6, 6.07) is 4.90. The van der Waals surface area contributed by atoms with Gasteiger partial charge in [-0.25, -0.2) is 4.98 Å². The molecule has 0 atom stereocenters. The monoisotopic (exact) mass is 345 g/mol. The first-order chi connectivity index (χ1) is 12.2. The van der Waals surface area contributed by atoms with Crippen molar-refractivity contribution in [3.63, 3.8) is 0 Å². The summed E-state index contributed by atoms with van der Waals surface area (Å²) in [4.78, 5) is 28.4. The Morgan fingerprint density at radius 2 is 1.84 bits per heavy atom. The second kappa shape index (κ2) is 10.6. The van der Waals surface area contributed by atoms with Crippen LogP contribution in [0.3, 0.4) is 0 Å². The summed E-state index contributed by atoms with van der Waals surface area (Å²) >= 11 is 0. The predicted octanol–water partition coefficient (Wildman–Crippen LogP) is 2.47. The molecule has 1 heterocycles. The van der Waals surface area contributed by atoms with E-state index in [1.165, 1.54) is 18.4 Å². The summed E-state index contributed by atoms with van der Waals surface area (Å²) in [5.74, 6) is -0.524. The number of aromatic nitrogens is 1. The van der Waals surface area contributed by atoms with E-state index >= 15 is 0 Å². The summed E-state index contributed by atoms with van der Waals surface area (Å²) in [6.07, 6.45) is 8.67. The molecule has 0 fully saturated rings. The third kappa shape index (κ3) is 6.66. The van der Waals surface area contributed by atoms with Crippen LogP contribution in [0.15, 0.2) is 29.8 Å². The lowest BCUT2D eigenvalue weighted by molar-refractivity contribution is 0.0941. The average Bonchev–Trinajstić information content (AvgIpc) is 2.66. The molecule has 1 aliphatic rings. The van der Waals surface area contributed by atoms with E-state index in [1.54, 1.807) is 25.3 Å². The van der Waals surface area contributed by atoms with Crippen molar-refractivity contribution in [2.45, 2.75) is 38.5 Å². The number of carbonyl (C=O) groups excluding carboxylic acids is 2. The number of allylic oxidation sites excluding steroid dienone is 1. The number of pyridine rings is 1. The standard InChI is InChI=1S/C19H27N3O3/c1-25-14-6-12-20-18(23)16-9-5-10-17(22-16)19(24)21-13-11-15-7-3-2-4-8-15/h5,7,9-10H,2-4,6,8,11-14H2,1H3,(H,20,23)(H,21,24). The third-order valence-electron chi connectivity index (χ3n) is 4.14. The highest BCUT2D eigenvalue weighted by molar-refractivity contribution is 5.96. The lowest BCUT2D eigenvalue weighted by Crippen LogP contribution is -2.29. The van der Waals surface area contributed by atoms with Gasteiger partial charge in [-0.3, -0.25) is 9.59 Å². The maximum Gasteiger partial charge on any atom is 0.269 e. The van der Waals surface area contributed by atoms with Crippen LogP contribution in [0.5, 0.6) is 0 Å². The fraction of sp³-hybridized carbons (Fsp3) is 0.526. The lowest BCUT2D eigenvalue weighted by atomic mass is 9.97. The number of hydrogen-bond donors (Lipinski definition) is 2. The quantitative estimate of drug-likeness (QED) is 0.532. The van der Waals surface area contributed by atoms with E-state index in [0.29, 0.717) is 19.7 Å². The van der Waals surface area contributed by atoms with Gasteiger partial charge in [0.05, 0.1) is 0 Å². The van der Waals surface area contributed by atoms with Crippen LogP contribution < -0.4 is 10.6 Å². The van der Waals surface area contributed by atoms with Crippen molar-refractivity contribution in [3.8, 4) is 0 Å². The molecule has 0 aliphatic heterocycles. The summed E-state index contributed by atoms with van der Waals surface area (Å²) in [5, 5.41) is 5.65. The summed E-state index contributed by atoms with van der Waals surface area (Å²) in [5.41, 5.74) is 1.94. The molecule has 0 saturated heterocycles. The van der Waals surface area contributed by atoms with Crippen LogP contribution in [0.4, 0.5) is 0 Å². The van der Waals surface area contributed by atoms with Gasteiger partial charge >= 0.3 is 0 Å². The number of rotatable bonds is 9. The molecule has 0 aromatic carbocycles. The summed E-state index contributed by atoms with van der Waals surface area (Å²) in [6.45, 7) is 1.70. The van der Waals surface area contributed by atoms with E-state index in [9.17, 15) is 9.59 Å². The van der Waals surface area contributed by atoms with Gasteiger partial charge in [0.2, 0.25) is 0 Å². The fourth-order valence-electron chi connectivity index (χ4n) is 2.76. The number of hydrogen-bond acceptors (Lipinski definition) is 4. The molecule has 1 aromatic rings. The molecule has 2 amide bonds. The minimum atomic E-state index is -0.280. The summed E-state index contributed by atoms with van der Waals surface area (Å²) < 4.78 is 4.94. The molecular weight excluding hydrogens is 318 g/mol. The molecule has 0 unspecified atom stereocenters. The van der Waals surface area contributed by atoms with E-state index in [4.69, 9.17) is 4.74 Å². The molecule has 25 heavy (non-hydrogen) atoms. The highest BCUT2D eigenvalue weighted by atomic mass is 16.5. The van der Waals surface area contributed by atoms with Gasteiger partial charge in [-0.1, -0.05) is 17.7 Å². The zero-order valence-electron chi connectivity index (χ0n) is 14.8. The number of ether oxygens (including phenoxy) is 1. The number of nitrogens with zero attached hydrogens (tertiary/aromatic N) is 1. The minimum Gasteiger partial charge on any atom is -0.385 e. The van der Waals surface area contributed by atoms with Crippen molar-refractivity contribution in [2.24, 2.45) is 0 Å². The Hall–Kier alpha value is -2.21. The lowest BCUT2D eigenvalue weighted by Gasteiger charge is -2.13. The number of nitrogens with one attached hydrogen (secondary N) is 2. The first-order valence-corrected chi connectivity index (χ1v) is 8.91. The van der Waals surface area contributed by atoms with Gasteiger partial charge in [0.25, 0.3) is 11.8 Å². The van der Waals surface area contributed by atoms with E-state index in [-0.39, 0.29) is 23.2 Å². The second-order valence-electron chi connectivity index (χ2n) is 6.12. The largest absolute Gasteiger partial charge is 0.385 e. The Bertz CT molecular complexity index is 614. The molecule has 1 aliphatic carbocycles. The summed E-state index contributed by atoms with van der Waals surface area (Å²) in [7, 11) is 1.62. The highest BCUT2D eigenvalue weighted by Crippen LogP contribution is 2.19. The van der Waals surface area contributed by atoms with Crippen LogP contribution in [0.2, 0.25) is 0 Å². The fourth-order valence-corrected chi connectivity index (χ4v) is 2.76. The van der Waals surface area contributed by atoms with E-state index in [1.807, 2.05) is 0 Å². The van der Waals surface area contributed by atoms with Crippen molar-refractivity contribution in [3.05, 3.63) is 41.2 Å². The van der Waals surface area contributed by atoms with Gasteiger partial charge in [0, 0.05) is 26.8 Å². The Morgan fingerprint density at radius 3 is 2.48 bits per heavy atom. The van der Waals surface area contributed by atoms with Gasteiger partial charge in [-0.05, 0) is 50.7 Å². The van der Waals surface area contributed by atoms with Gasteiger partial charge in [-0.2, -0.15) is 0 Å². The molecule has 1 aromatic heterocycles. The Balaban J connectivity index is 1.81. The van der Waals surface area contributed by atoms with Gasteiger partial charge < -0.3 is 15.4 Å². The van der Waals surface area contributed by atoms with E-state index in [2.05, 4.69) is 21.7 Å². The smallest absolute Gasteiger partial charge is 0.269 e. The molecule has 0 saturated carbocycles. The molecule has 0 bridgehead atoms. The normalized spacial score (nSPS) is 13.9. The molecule has 0 radical (unpaired) electrons. The molecule has 6 nitrogen and oxygen atoms in total. The zero-order chi connectivity index (χ0) is 17.9. The van der Waals surface area contributed by atoms with Crippen LogP contribution in [0.25, 0.3) is 0 Å². The Labute approximate surface area is 149 Å². The molecule has 0 spiro atoms. The van der Waals surface area contributed by atoms with Crippen molar-refractivity contribution >= 4 is 11.8 Å². The molecule has 6 heteroatoms.